The van der Waals surface area contributed by atoms with Crippen LogP contribution in [0.25, 0.3) is 11.0 Å². The molecule has 2 aromatic heterocycles. The normalized spacial score (nSPS) is 17.4. The first-order chi connectivity index (χ1) is 12.7. The van der Waals surface area contributed by atoms with Gasteiger partial charge in [-0.3, -0.25) is 4.79 Å². The number of H-pyrrole nitrogens is 1. The van der Waals surface area contributed by atoms with Gasteiger partial charge in [0.1, 0.15) is 5.82 Å². The number of carbonyl (C=O) groups excluding carboxylic acids is 1. The molecule has 7 nitrogen and oxygen atoms in total. The number of para-hydroxylation sites is 2. The quantitative estimate of drug-likeness (QED) is 0.753. The fraction of sp³-hybridized carbons (Fsp3) is 0.368. The molecule has 0 saturated carbocycles. The van der Waals surface area contributed by atoms with Crippen molar-refractivity contribution in [3.63, 3.8) is 0 Å². The van der Waals surface area contributed by atoms with E-state index in [2.05, 4.69) is 30.2 Å². The van der Waals surface area contributed by atoms with Gasteiger partial charge in [-0.15, -0.1) is 0 Å². The number of aromatic nitrogens is 4. The summed E-state index contributed by atoms with van der Waals surface area (Å²) in [6.45, 7) is 3.89. The SMILES string of the molecule is Cc1ccnc(N2CCCC(C(=O)NCc3nc4ccccc4[nH]3)C2)n1. The number of aryl methyl sites for hydroxylation is 1. The van der Waals surface area contributed by atoms with Crippen LogP contribution < -0.4 is 10.2 Å². The molecule has 3 heterocycles. The van der Waals surface area contributed by atoms with Gasteiger partial charge in [0, 0.05) is 25.0 Å². The summed E-state index contributed by atoms with van der Waals surface area (Å²) >= 11 is 0. The number of nitrogens with one attached hydrogen (secondary N) is 2. The van der Waals surface area contributed by atoms with Crippen molar-refractivity contribution in [2.45, 2.75) is 26.3 Å². The number of hydrogen-bond acceptors (Lipinski definition) is 5. The van der Waals surface area contributed by atoms with E-state index >= 15 is 0 Å². The van der Waals surface area contributed by atoms with E-state index in [4.69, 9.17) is 0 Å². The molecule has 134 valence electrons. The topological polar surface area (TPSA) is 86.8 Å². The van der Waals surface area contributed by atoms with E-state index in [0.717, 1.165) is 41.9 Å². The summed E-state index contributed by atoms with van der Waals surface area (Å²) in [6, 6.07) is 9.74. The van der Waals surface area contributed by atoms with Gasteiger partial charge in [0.25, 0.3) is 0 Å². The molecular weight excluding hydrogens is 328 g/mol. The maximum Gasteiger partial charge on any atom is 0.225 e. The van der Waals surface area contributed by atoms with E-state index in [1.165, 1.54) is 0 Å². The number of fused-ring (bicyclic) bond motifs is 1. The zero-order valence-electron chi connectivity index (χ0n) is 14.8. The van der Waals surface area contributed by atoms with Crippen LogP contribution in [0.5, 0.6) is 0 Å². The highest BCUT2D eigenvalue weighted by Gasteiger charge is 2.27. The number of carbonyl (C=O) groups is 1. The second kappa shape index (κ2) is 7.11. The number of benzene rings is 1. The van der Waals surface area contributed by atoms with Gasteiger partial charge in [0.15, 0.2) is 0 Å². The lowest BCUT2D eigenvalue weighted by atomic mass is 9.97. The van der Waals surface area contributed by atoms with Crippen molar-refractivity contribution in [1.29, 1.82) is 0 Å². The largest absolute Gasteiger partial charge is 0.349 e. The average molecular weight is 350 g/mol. The van der Waals surface area contributed by atoms with Crippen LogP contribution in [0.2, 0.25) is 0 Å². The molecule has 1 amide bonds. The van der Waals surface area contributed by atoms with E-state index in [9.17, 15) is 4.79 Å². The molecular formula is C19H22N6O. The Morgan fingerprint density at radius 2 is 2.19 bits per heavy atom. The van der Waals surface area contributed by atoms with E-state index in [1.807, 2.05) is 37.3 Å². The van der Waals surface area contributed by atoms with Crippen LogP contribution in [0, 0.1) is 12.8 Å². The van der Waals surface area contributed by atoms with Gasteiger partial charge in [0.05, 0.1) is 23.5 Å². The van der Waals surface area contributed by atoms with Gasteiger partial charge in [-0.2, -0.15) is 0 Å². The highest BCUT2D eigenvalue weighted by atomic mass is 16.1. The first-order valence-electron chi connectivity index (χ1n) is 8.95. The Labute approximate surface area is 151 Å². The standard InChI is InChI=1S/C19H22N6O/c1-13-8-9-20-19(22-13)25-10-4-5-14(12-25)18(26)21-11-17-23-15-6-2-3-7-16(15)24-17/h2-3,6-9,14H,4-5,10-12H2,1H3,(H,21,26)(H,23,24). The van der Waals surface area contributed by atoms with Crippen LogP contribution in [-0.4, -0.2) is 38.9 Å². The summed E-state index contributed by atoms with van der Waals surface area (Å²) in [5.41, 5.74) is 2.83. The molecule has 0 aliphatic carbocycles. The maximum absolute atomic E-state index is 12.6. The number of anilines is 1. The molecule has 26 heavy (non-hydrogen) atoms. The molecule has 1 aliphatic rings. The minimum absolute atomic E-state index is 0.0581. The minimum atomic E-state index is -0.0581. The summed E-state index contributed by atoms with van der Waals surface area (Å²) in [5.74, 6) is 1.48. The van der Waals surface area contributed by atoms with Crippen molar-refractivity contribution in [2.24, 2.45) is 5.92 Å². The van der Waals surface area contributed by atoms with Crippen molar-refractivity contribution in [3.05, 3.63) is 48.0 Å². The zero-order chi connectivity index (χ0) is 17.9. The van der Waals surface area contributed by atoms with Gasteiger partial charge in [0.2, 0.25) is 11.9 Å². The number of rotatable bonds is 4. The van der Waals surface area contributed by atoms with Crippen molar-refractivity contribution in [1.82, 2.24) is 25.3 Å². The average Bonchev–Trinajstić information content (AvgIpc) is 3.09. The van der Waals surface area contributed by atoms with Gasteiger partial charge >= 0.3 is 0 Å². The molecule has 1 atom stereocenters. The number of piperidine rings is 1. The van der Waals surface area contributed by atoms with Gasteiger partial charge in [-0.25, -0.2) is 15.0 Å². The summed E-state index contributed by atoms with van der Waals surface area (Å²) in [7, 11) is 0. The lowest BCUT2D eigenvalue weighted by Gasteiger charge is -2.32. The van der Waals surface area contributed by atoms with Crippen molar-refractivity contribution in [2.75, 3.05) is 18.0 Å². The van der Waals surface area contributed by atoms with Crippen LogP contribution in [-0.2, 0) is 11.3 Å². The van der Waals surface area contributed by atoms with Gasteiger partial charge in [-0.1, -0.05) is 12.1 Å². The van der Waals surface area contributed by atoms with Crippen LogP contribution >= 0.6 is 0 Å². The second-order valence-corrected chi connectivity index (χ2v) is 6.70. The third-order valence-corrected chi connectivity index (χ3v) is 4.73. The molecule has 0 radical (unpaired) electrons. The summed E-state index contributed by atoms with van der Waals surface area (Å²) in [5, 5.41) is 3.01. The Morgan fingerprint density at radius 3 is 3.04 bits per heavy atom. The molecule has 2 N–H and O–H groups in total. The molecule has 4 rings (SSSR count). The fourth-order valence-corrected chi connectivity index (χ4v) is 3.37. The number of amides is 1. The van der Waals surface area contributed by atoms with E-state index in [-0.39, 0.29) is 11.8 Å². The third kappa shape index (κ3) is 3.51. The van der Waals surface area contributed by atoms with Crippen LogP contribution in [0.3, 0.4) is 0 Å². The summed E-state index contributed by atoms with van der Waals surface area (Å²) < 4.78 is 0. The molecule has 0 bridgehead atoms. The Hall–Kier alpha value is -2.96. The molecule has 1 fully saturated rings. The van der Waals surface area contributed by atoms with Crippen molar-refractivity contribution in [3.8, 4) is 0 Å². The minimum Gasteiger partial charge on any atom is -0.349 e. The monoisotopic (exact) mass is 350 g/mol. The molecule has 0 spiro atoms. The molecule has 1 unspecified atom stereocenters. The Bertz CT molecular complexity index is 888. The molecule has 1 aliphatic heterocycles. The predicted molar refractivity (Wildman–Crippen MR) is 99.6 cm³/mol. The van der Waals surface area contributed by atoms with Crippen molar-refractivity contribution < 1.29 is 4.79 Å². The van der Waals surface area contributed by atoms with Gasteiger partial charge < -0.3 is 15.2 Å². The van der Waals surface area contributed by atoms with Gasteiger partial charge in [-0.05, 0) is 38.0 Å². The number of hydrogen-bond donors (Lipinski definition) is 2. The lowest BCUT2D eigenvalue weighted by Crippen LogP contribution is -2.43. The van der Waals surface area contributed by atoms with Crippen molar-refractivity contribution >= 4 is 22.9 Å². The molecule has 1 aromatic carbocycles. The van der Waals surface area contributed by atoms with Crippen LogP contribution in [0.4, 0.5) is 5.95 Å². The first-order valence-corrected chi connectivity index (χ1v) is 8.95. The fourth-order valence-electron chi connectivity index (χ4n) is 3.37. The predicted octanol–water partition coefficient (Wildman–Crippen LogP) is 2.19. The van der Waals surface area contributed by atoms with E-state index < -0.39 is 0 Å². The van der Waals surface area contributed by atoms with E-state index in [0.29, 0.717) is 19.0 Å². The smallest absolute Gasteiger partial charge is 0.225 e. The van der Waals surface area contributed by atoms with Crippen LogP contribution in [0.15, 0.2) is 36.5 Å². The molecule has 7 heteroatoms. The zero-order valence-corrected chi connectivity index (χ0v) is 14.8. The van der Waals surface area contributed by atoms with Crippen LogP contribution in [0.1, 0.15) is 24.4 Å². The second-order valence-electron chi connectivity index (χ2n) is 6.70. The Balaban J connectivity index is 1.38. The number of imidazole rings is 1. The summed E-state index contributed by atoms with van der Waals surface area (Å²) in [4.78, 5) is 31.3. The molecule has 1 saturated heterocycles. The Morgan fingerprint density at radius 1 is 1.31 bits per heavy atom. The first kappa shape index (κ1) is 16.5. The summed E-state index contributed by atoms with van der Waals surface area (Å²) in [6.07, 6.45) is 3.61. The molecule has 3 aromatic rings. The van der Waals surface area contributed by atoms with E-state index in [1.54, 1.807) is 6.20 Å². The lowest BCUT2D eigenvalue weighted by molar-refractivity contribution is -0.125. The third-order valence-electron chi connectivity index (χ3n) is 4.73. The Kier molecular flexibility index (Phi) is 4.51. The number of nitrogens with zero attached hydrogens (tertiary/aromatic N) is 4. The highest BCUT2D eigenvalue weighted by molar-refractivity contribution is 5.79. The maximum atomic E-state index is 12.6. The highest BCUT2D eigenvalue weighted by Crippen LogP contribution is 2.20. The number of aromatic amines is 1.